The Bertz CT molecular complexity index is 1330. The monoisotopic (exact) mass is 569 g/mol. The molecule has 0 radical (unpaired) electrons. The van der Waals surface area contributed by atoms with Gasteiger partial charge in [-0.2, -0.15) is 5.10 Å². The van der Waals surface area contributed by atoms with Crippen molar-refractivity contribution in [2.45, 2.75) is 12.1 Å². The number of aromatic nitrogens is 3. The Balaban J connectivity index is 1.53. The minimum Gasteiger partial charge on any atom is -0.494 e. The van der Waals surface area contributed by atoms with Gasteiger partial charge in [-0.1, -0.05) is 57.5 Å². The maximum absolute atomic E-state index is 12.4. The van der Waals surface area contributed by atoms with Gasteiger partial charge in [0.05, 0.1) is 18.6 Å². The van der Waals surface area contributed by atoms with Gasteiger partial charge < -0.3 is 4.74 Å². The maximum atomic E-state index is 12.4. The van der Waals surface area contributed by atoms with Crippen LogP contribution in [0.5, 0.6) is 5.75 Å². The number of nitrogens with zero attached hydrogens (tertiary/aromatic N) is 4. The standard InChI is InChI=1S/C25H21BrClN5O2S/c1-2-34-21-13-11-20(12-14-21)32-24(17-7-9-19(27)10-8-17)30-31-25(32)35-16-23(33)29-28-15-18-5-3-4-6-22(18)26/h3-15H,2,16H2,1H3,(H,29,33). The molecule has 0 saturated carbocycles. The molecule has 4 rings (SSSR count). The summed E-state index contributed by atoms with van der Waals surface area (Å²) in [4.78, 5) is 12.4. The fourth-order valence-corrected chi connectivity index (χ4v) is 4.41. The van der Waals surface area contributed by atoms with Crippen molar-refractivity contribution in [1.29, 1.82) is 0 Å². The molecule has 0 aliphatic rings. The van der Waals surface area contributed by atoms with E-state index < -0.39 is 0 Å². The van der Waals surface area contributed by atoms with Gasteiger partial charge in [0.1, 0.15) is 5.75 Å². The van der Waals surface area contributed by atoms with Crippen LogP contribution in [-0.4, -0.2) is 39.2 Å². The van der Waals surface area contributed by atoms with Gasteiger partial charge in [-0.15, -0.1) is 10.2 Å². The smallest absolute Gasteiger partial charge is 0.250 e. The first-order valence-electron chi connectivity index (χ1n) is 10.7. The Morgan fingerprint density at radius 3 is 2.57 bits per heavy atom. The highest BCUT2D eigenvalue weighted by Crippen LogP contribution is 2.29. The normalized spacial score (nSPS) is 11.1. The van der Waals surface area contributed by atoms with Crippen molar-refractivity contribution in [1.82, 2.24) is 20.2 Å². The lowest BCUT2D eigenvalue weighted by Gasteiger charge is -2.11. The summed E-state index contributed by atoms with van der Waals surface area (Å²) in [5.41, 5.74) is 5.12. The number of halogens is 2. The number of amides is 1. The minimum absolute atomic E-state index is 0.114. The van der Waals surface area contributed by atoms with Crippen LogP contribution in [0.2, 0.25) is 5.02 Å². The Labute approximate surface area is 220 Å². The minimum atomic E-state index is -0.257. The number of ether oxygens (including phenoxy) is 1. The van der Waals surface area contributed by atoms with E-state index in [-0.39, 0.29) is 11.7 Å². The molecule has 1 amide bonds. The molecule has 0 fully saturated rings. The first-order valence-corrected chi connectivity index (χ1v) is 12.8. The predicted octanol–water partition coefficient (Wildman–Crippen LogP) is 5.99. The number of rotatable bonds is 9. The zero-order valence-corrected chi connectivity index (χ0v) is 21.8. The van der Waals surface area contributed by atoms with E-state index in [4.69, 9.17) is 16.3 Å². The lowest BCUT2D eigenvalue weighted by atomic mass is 10.2. The van der Waals surface area contributed by atoms with Crippen LogP contribution in [0.15, 0.2) is 87.5 Å². The van der Waals surface area contributed by atoms with Crippen LogP contribution in [0.4, 0.5) is 0 Å². The first kappa shape index (κ1) is 25.0. The summed E-state index contributed by atoms with van der Waals surface area (Å²) >= 11 is 10.8. The molecule has 3 aromatic carbocycles. The van der Waals surface area contributed by atoms with Gasteiger partial charge in [0.25, 0.3) is 5.91 Å². The molecule has 0 spiro atoms. The Kier molecular flexibility index (Phi) is 8.57. The van der Waals surface area contributed by atoms with Crippen LogP contribution in [0.1, 0.15) is 12.5 Å². The zero-order valence-electron chi connectivity index (χ0n) is 18.7. The van der Waals surface area contributed by atoms with Crippen LogP contribution in [0.25, 0.3) is 17.1 Å². The van der Waals surface area contributed by atoms with E-state index in [0.717, 1.165) is 27.0 Å². The molecule has 10 heteroatoms. The van der Waals surface area contributed by atoms with Gasteiger partial charge >= 0.3 is 0 Å². The quantitative estimate of drug-likeness (QED) is 0.152. The van der Waals surface area contributed by atoms with Crippen molar-refractivity contribution >= 4 is 51.4 Å². The summed E-state index contributed by atoms with van der Waals surface area (Å²) in [7, 11) is 0. The number of hydrogen-bond donors (Lipinski definition) is 1. The van der Waals surface area contributed by atoms with Crippen molar-refractivity contribution in [2.75, 3.05) is 12.4 Å². The summed E-state index contributed by atoms with van der Waals surface area (Å²) in [6.45, 7) is 2.52. The van der Waals surface area contributed by atoms with Gasteiger partial charge in [0.15, 0.2) is 11.0 Å². The second-order valence-electron chi connectivity index (χ2n) is 7.18. The lowest BCUT2D eigenvalue weighted by Crippen LogP contribution is -2.20. The maximum Gasteiger partial charge on any atom is 0.250 e. The molecule has 1 N–H and O–H groups in total. The molecular weight excluding hydrogens is 550 g/mol. The molecule has 0 bridgehead atoms. The van der Waals surface area contributed by atoms with Crippen LogP contribution in [0.3, 0.4) is 0 Å². The highest BCUT2D eigenvalue weighted by molar-refractivity contribution is 9.10. The summed E-state index contributed by atoms with van der Waals surface area (Å²) in [6.07, 6.45) is 1.59. The molecule has 35 heavy (non-hydrogen) atoms. The molecule has 0 atom stereocenters. The summed E-state index contributed by atoms with van der Waals surface area (Å²) < 4.78 is 8.36. The van der Waals surface area contributed by atoms with E-state index in [1.165, 1.54) is 11.8 Å². The van der Waals surface area contributed by atoms with Crippen molar-refractivity contribution in [2.24, 2.45) is 5.10 Å². The van der Waals surface area contributed by atoms with Crippen LogP contribution < -0.4 is 10.2 Å². The molecule has 0 aliphatic heterocycles. The molecule has 178 valence electrons. The third-order valence-electron chi connectivity index (χ3n) is 4.77. The van der Waals surface area contributed by atoms with E-state index in [1.54, 1.807) is 18.3 Å². The number of nitrogens with one attached hydrogen (secondary N) is 1. The van der Waals surface area contributed by atoms with Gasteiger partial charge in [-0.25, -0.2) is 5.43 Å². The zero-order chi connectivity index (χ0) is 24.6. The Morgan fingerprint density at radius 2 is 1.86 bits per heavy atom. The predicted molar refractivity (Wildman–Crippen MR) is 144 cm³/mol. The Morgan fingerprint density at radius 1 is 1.11 bits per heavy atom. The highest BCUT2D eigenvalue weighted by atomic mass is 79.9. The SMILES string of the molecule is CCOc1ccc(-n2c(SCC(=O)NN=Cc3ccccc3Br)nnc2-c2ccc(Cl)cc2)cc1. The number of hydrazone groups is 1. The average molecular weight is 571 g/mol. The molecular formula is C25H21BrClN5O2S. The third-order valence-corrected chi connectivity index (χ3v) is 6.68. The number of carbonyl (C=O) groups excluding carboxylic acids is 1. The van der Waals surface area contributed by atoms with Crippen molar-refractivity contribution in [3.63, 3.8) is 0 Å². The number of hydrogen-bond acceptors (Lipinski definition) is 6. The van der Waals surface area contributed by atoms with Crippen molar-refractivity contribution < 1.29 is 9.53 Å². The average Bonchev–Trinajstić information content (AvgIpc) is 3.29. The lowest BCUT2D eigenvalue weighted by molar-refractivity contribution is -0.118. The van der Waals surface area contributed by atoms with Crippen molar-refractivity contribution in [3.05, 3.63) is 87.9 Å². The molecule has 4 aromatic rings. The number of carbonyl (C=O) groups is 1. The molecule has 7 nitrogen and oxygen atoms in total. The fourth-order valence-electron chi connectivity index (χ4n) is 3.16. The van der Waals surface area contributed by atoms with E-state index in [0.29, 0.717) is 22.6 Å². The number of benzene rings is 3. The topological polar surface area (TPSA) is 81.4 Å². The van der Waals surface area contributed by atoms with E-state index in [2.05, 4.69) is 36.7 Å². The Hall–Kier alpha value is -3.14. The molecule has 0 saturated heterocycles. The van der Waals surface area contributed by atoms with Crippen LogP contribution >= 0.6 is 39.3 Å². The van der Waals surface area contributed by atoms with E-state index in [9.17, 15) is 4.79 Å². The molecule has 0 unspecified atom stereocenters. The molecule has 1 aromatic heterocycles. The van der Waals surface area contributed by atoms with Crippen molar-refractivity contribution in [3.8, 4) is 22.8 Å². The van der Waals surface area contributed by atoms with E-state index >= 15 is 0 Å². The van der Waals surface area contributed by atoms with E-state index in [1.807, 2.05) is 72.2 Å². The second-order valence-corrected chi connectivity index (χ2v) is 9.41. The third kappa shape index (κ3) is 6.50. The second kappa shape index (κ2) is 12.0. The summed E-state index contributed by atoms with van der Waals surface area (Å²) in [5.74, 6) is 1.27. The largest absolute Gasteiger partial charge is 0.494 e. The molecule has 0 aliphatic carbocycles. The molecule has 1 heterocycles. The summed E-state index contributed by atoms with van der Waals surface area (Å²) in [5, 5.41) is 14.0. The van der Waals surface area contributed by atoms with Gasteiger partial charge in [-0.3, -0.25) is 9.36 Å². The van der Waals surface area contributed by atoms with Gasteiger partial charge in [0, 0.05) is 26.3 Å². The number of thioether (sulfide) groups is 1. The highest BCUT2D eigenvalue weighted by Gasteiger charge is 2.17. The van der Waals surface area contributed by atoms with Gasteiger partial charge in [-0.05, 0) is 61.5 Å². The summed E-state index contributed by atoms with van der Waals surface area (Å²) in [6, 6.07) is 22.6. The first-order chi connectivity index (χ1) is 17.0. The van der Waals surface area contributed by atoms with Gasteiger partial charge in [0.2, 0.25) is 0 Å². The van der Waals surface area contributed by atoms with Crippen LogP contribution in [-0.2, 0) is 4.79 Å². The fraction of sp³-hybridized carbons (Fsp3) is 0.120. The van der Waals surface area contributed by atoms with Crippen LogP contribution in [0, 0.1) is 0 Å².